The average molecular weight is 227 g/mol. The number of ether oxygens (including phenoxy) is 2. The van der Waals surface area contributed by atoms with Gasteiger partial charge in [0.2, 0.25) is 0 Å². The number of methoxy groups -OCH3 is 1. The molecule has 0 saturated carbocycles. The summed E-state index contributed by atoms with van der Waals surface area (Å²) in [6.07, 6.45) is 0.769. The monoisotopic (exact) mass is 227 g/mol. The van der Waals surface area contributed by atoms with E-state index < -0.39 is 0 Å². The Bertz CT molecular complexity index is 329. The van der Waals surface area contributed by atoms with E-state index in [9.17, 15) is 4.39 Å². The van der Waals surface area contributed by atoms with Crippen molar-refractivity contribution in [2.24, 2.45) is 5.73 Å². The Morgan fingerprint density at radius 3 is 2.75 bits per heavy atom. The van der Waals surface area contributed by atoms with Crippen molar-refractivity contribution >= 4 is 0 Å². The van der Waals surface area contributed by atoms with E-state index in [-0.39, 0.29) is 11.9 Å². The van der Waals surface area contributed by atoms with Gasteiger partial charge in [0.25, 0.3) is 0 Å². The molecule has 0 unspecified atom stereocenters. The van der Waals surface area contributed by atoms with E-state index in [1.165, 1.54) is 12.1 Å². The van der Waals surface area contributed by atoms with E-state index in [2.05, 4.69) is 0 Å². The molecule has 1 aromatic rings. The van der Waals surface area contributed by atoms with Gasteiger partial charge in [-0.25, -0.2) is 4.39 Å². The van der Waals surface area contributed by atoms with E-state index >= 15 is 0 Å². The third-order valence-electron chi connectivity index (χ3n) is 2.22. The van der Waals surface area contributed by atoms with Crippen LogP contribution in [-0.2, 0) is 4.74 Å². The molecule has 0 heterocycles. The first-order chi connectivity index (χ1) is 7.65. The summed E-state index contributed by atoms with van der Waals surface area (Å²) in [4.78, 5) is 0. The first-order valence-electron chi connectivity index (χ1n) is 5.32. The van der Waals surface area contributed by atoms with Crippen LogP contribution in [-0.4, -0.2) is 20.3 Å². The lowest BCUT2D eigenvalue weighted by Gasteiger charge is -2.13. The summed E-state index contributed by atoms with van der Waals surface area (Å²) in [5.41, 5.74) is 6.59. The molecule has 16 heavy (non-hydrogen) atoms. The number of rotatable bonds is 6. The molecular formula is C12H18FNO2. The van der Waals surface area contributed by atoms with Crippen LogP contribution >= 0.6 is 0 Å². The minimum absolute atomic E-state index is 0.168. The lowest BCUT2D eigenvalue weighted by Crippen LogP contribution is -2.09. The summed E-state index contributed by atoms with van der Waals surface area (Å²) in [6, 6.07) is 4.25. The van der Waals surface area contributed by atoms with Gasteiger partial charge in [-0.1, -0.05) is 6.07 Å². The van der Waals surface area contributed by atoms with Gasteiger partial charge < -0.3 is 15.2 Å². The van der Waals surface area contributed by atoms with Gasteiger partial charge in [-0.3, -0.25) is 0 Å². The Labute approximate surface area is 95.4 Å². The van der Waals surface area contributed by atoms with Crippen LogP contribution in [0, 0.1) is 5.82 Å². The first kappa shape index (κ1) is 12.9. The maximum absolute atomic E-state index is 13.0. The van der Waals surface area contributed by atoms with Crippen LogP contribution in [0.4, 0.5) is 4.39 Å². The fourth-order valence-electron chi connectivity index (χ4n) is 1.39. The Morgan fingerprint density at radius 2 is 2.12 bits per heavy atom. The van der Waals surface area contributed by atoms with Crippen LogP contribution in [0.3, 0.4) is 0 Å². The van der Waals surface area contributed by atoms with Gasteiger partial charge in [0.05, 0.1) is 6.61 Å². The summed E-state index contributed by atoms with van der Waals surface area (Å²) in [7, 11) is 1.63. The van der Waals surface area contributed by atoms with Crippen molar-refractivity contribution in [3.05, 3.63) is 29.6 Å². The third kappa shape index (κ3) is 3.79. The molecule has 1 atom stereocenters. The van der Waals surface area contributed by atoms with Gasteiger partial charge in [-0.05, 0) is 13.0 Å². The molecule has 0 saturated heterocycles. The molecule has 0 aliphatic heterocycles. The highest BCUT2D eigenvalue weighted by atomic mass is 19.1. The molecule has 3 nitrogen and oxygen atoms in total. The van der Waals surface area contributed by atoms with Crippen molar-refractivity contribution in [3.8, 4) is 5.75 Å². The second-order valence-electron chi connectivity index (χ2n) is 3.67. The number of hydrogen-bond donors (Lipinski definition) is 1. The Balaban J connectivity index is 2.65. The van der Waals surface area contributed by atoms with Gasteiger partial charge in [0, 0.05) is 37.8 Å². The maximum Gasteiger partial charge on any atom is 0.126 e. The summed E-state index contributed by atoms with van der Waals surface area (Å²) in [6.45, 7) is 2.97. The minimum Gasteiger partial charge on any atom is -0.493 e. The number of benzene rings is 1. The quantitative estimate of drug-likeness (QED) is 0.758. The normalized spacial score (nSPS) is 12.5. The molecule has 1 aromatic carbocycles. The fourth-order valence-corrected chi connectivity index (χ4v) is 1.39. The molecule has 0 aliphatic rings. The van der Waals surface area contributed by atoms with Crippen LogP contribution in [0.25, 0.3) is 0 Å². The summed E-state index contributed by atoms with van der Waals surface area (Å²) in [5.74, 6) is 0.206. The van der Waals surface area contributed by atoms with Crippen molar-refractivity contribution in [1.29, 1.82) is 0 Å². The molecule has 0 amide bonds. The second kappa shape index (κ2) is 6.45. The van der Waals surface area contributed by atoms with Crippen LogP contribution in [0.5, 0.6) is 5.75 Å². The summed E-state index contributed by atoms with van der Waals surface area (Å²) in [5, 5.41) is 0. The largest absolute Gasteiger partial charge is 0.493 e. The zero-order valence-corrected chi connectivity index (χ0v) is 9.70. The van der Waals surface area contributed by atoms with Gasteiger partial charge in [-0.15, -0.1) is 0 Å². The van der Waals surface area contributed by atoms with Gasteiger partial charge >= 0.3 is 0 Å². The predicted octanol–water partition coefficient (Wildman–Crippen LogP) is 2.26. The highest BCUT2D eigenvalue weighted by molar-refractivity contribution is 5.36. The number of halogens is 1. The van der Waals surface area contributed by atoms with Crippen molar-refractivity contribution in [2.75, 3.05) is 20.3 Å². The third-order valence-corrected chi connectivity index (χ3v) is 2.22. The molecule has 0 radical (unpaired) electrons. The molecule has 90 valence electrons. The number of nitrogens with two attached hydrogens (primary N) is 1. The average Bonchev–Trinajstić information content (AvgIpc) is 2.24. The highest BCUT2D eigenvalue weighted by Crippen LogP contribution is 2.24. The van der Waals surface area contributed by atoms with E-state index in [1.54, 1.807) is 13.2 Å². The van der Waals surface area contributed by atoms with Crippen LogP contribution in [0.15, 0.2) is 18.2 Å². The smallest absolute Gasteiger partial charge is 0.126 e. The molecule has 0 aliphatic carbocycles. The van der Waals surface area contributed by atoms with Gasteiger partial charge in [0.1, 0.15) is 11.6 Å². The minimum atomic E-state index is -0.314. The fraction of sp³-hybridized carbons (Fsp3) is 0.500. The topological polar surface area (TPSA) is 44.5 Å². The molecule has 0 spiro atoms. The highest BCUT2D eigenvalue weighted by Gasteiger charge is 2.09. The second-order valence-corrected chi connectivity index (χ2v) is 3.67. The Kier molecular flexibility index (Phi) is 5.22. The SMILES string of the molecule is COCCCOc1cc(F)ccc1[C@H](C)N. The Hall–Kier alpha value is -1.13. The van der Waals surface area contributed by atoms with Crippen molar-refractivity contribution in [2.45, 2.75) is 19.4 Å². The lowest BCUT2D eigenvalue weighted by atomic mass is 10.1. The summed E-state index contributed by atoms with van der Waals surface area (Å²) >= 11 is 0. The van der Waals surface area contributed by atoms with Gasteiger partial charge in [0.15, 0.2) is 0 Å². The zero-order chi connectivity index (χ0) is 12.0. The van der Waals surface area contributed by atoms with Crippen molar-refractivity contribution in [3.63, 3.8) is 0 Å². The molecular weight excluding hydrogens is 209 g/mol. The first-order valence-corrected chi connectivity index (χ1v) is 5.32. The predicted molar refractivity (Wildman–Crippen MR) is 61.0 cm³/mol. The standard InChI is InChI=1S/C12H18FNO2/c1-9(14)11-5-4-10(13)8-12(11)16-7-3-6-15-2/h4-5,8-9H,3,6-7,14H2,1-2H3/t9-/m0/s1. The van der Waals surface area contributed by atoms with Crippen LogP contribution in [0.2, 0.25) is 0 Å². The zero-order valence-electron chi connectivity index (χ0n) is 9.70. The van der Waals surface area contributed by atoms with Crippen molar-refractivity contribution in [1.82, 2.24) is 0 Å². The summed E-state index contributed by atoms with van der Waals surface area (Å²) < 4.78 is 23.4. The molecule has 2 N–H and O–H groups in total. The molecule has 0 aromatic heterocycles. The Morgan fingerprint density at radius 1 is 1.38 bits per heavy atom. The maximum atomic E-state index is 13.0. The van der Waals surface area contributed by atoms with E-state index in [0.717, 1.165) is 12.0 Å². The van der Waals surface area contributed by atoms with E-state index in [1.807, 2.05) is 6.92 Å². The van der Waals surface area contributed by atoms with Crippen LogP contribution < -0.4 is 10.5 Å². The van der Waals surface area contributed by atoms with Crippen LogP contribution in [0.1, 0.15) is 24.9 Å². The molecule has 0 fully saturated rings. The van der Waals surface area contributed by atoms with E-state index in [4.69, 9.17) is 15.2 Å². The van der Waals surface area contributed by atoms with E-state index in [0.29, 0.717) is 19.0 Å². The van der Waals surface area contributed by atoms with Gasteiger partial charge in [-0.2, -0.15) is 0 Å². The molecule has 4 heteroatoms. The number of hydrogen-bond acceptors (Lipinski definition) is 3. The van der Waals surface area contributed by atoms with Crippen molar-refractivity contribution < 1.29 is 13.9 Å². The lowest BCUT2D eigenvalue weighted by molar-refractivity contribution is 0.171. The molecule has 1 rings (SSSR count). The molecule has 0 bridgehead atoms.